The van der Waals surface area contributed by atoms with E-state index in [4.69, 9.17) is 27.9 Å². The molecule has 1 aliphatic rings. The zero-order valence-electron chi connectivity index (χ0n) is 11.1. The fourth-order valence-electron chi connectivity index (χ4n) is 2.14. The van der Waals surface area contributed by atoms with Gasteiger partial charge in [0.05, 0.1) is 32.7 Å². The van der Waals surface area contributed by atoms with Gasteiger partial charge in [0.1, 0.15) is 0 Å². The molecule has 1 aromatic rings. The molecule has 0 bridgehead atoms. The summed E-state index contributed by atoms with van der Waals surface area (Å²) in [6, 6.07) is 1.97. The Hall–Kier alpha value is -1.41. The molecule has 0 aliphatic carbocycles. The molecule has 21 heavy (non-hydrogen) atoms. The van der Waals surface area contributed by atoms with E-state index in [1.54, 1.807) is 7.11 Å². The van der Waals surface area contributed by atoms with E-state index in [1.807, 2.05) is 0 Å². The molecule has 1 heterocycles. The number of halogens is 2. The van der Waals surface area contributed by atoms with Crippen LogP contribution < -0.4 is 10.6 Å². The van der Waals surface area contributed by atoms with Crippen LogP contribution in [-0.2, 0) is 4.74 Å². The second-order valence-electron chi connectivity index (χ2n) is 4.56. The van der Waals surface area contributed by atoms with Gasteiger partial charge in [0, 0.05) is 32.3 Å². The van der Waals surface area contributed by atoms with E-state index in [1.165, 1.54) is 0 Å². The Morgan fingerprint density at radius 3 is 2.81 bits per heavy atom. The highest BCUT2D eigenvalue weighted by atomic mass is 35.5. The molecule has 114 valence electrons. The molecular weight excluding hydrogens is 321 g/mol. The average molecular weight is 334 g/mol. The molecule has 1 amide bonds. The number of amides is 1. The van der Waals surface area contributed by atoms with Gasteiger partial charge in [0.2, 0.25) is 0 Å². The van der Waals surface area contributed by atoms with Crippen molar-refractivity contribution in [3.63, 3.8) is 0 Å². The van der Waals surface area contributed by atoms with Crippen LogP contribution in [0.2, 0.25) is 10.0 Å². The number of carbonyl (C=O) groups is 1. The Labute approximate surface area is 130 Å². The molecule has 0 saturated carbocycles. The summed E-state index contributed by atoms with van der Waals surface area (Å²) in [7, 11) is 1.55. The zero-order chi connectivity index (χ0) is 15.6. The summed E-state index contributed by atoms with van der Waals surface area (Å²) in [6.07, 6.45) is -0.165. The number of carbonyl (C=O) groups excluding carboxylic acids is 1. The van der Waals surface area contributed by atoms with Gasteiger partial charge in [-0.25, -0.2) is 0 Å². The monoisotopic (exact) mass is 333 g/mol. The van der Waals surface area contributed by atoms with Gasteiger partial charge in [-0.3, -0.25) is 14.9 Å². The molecular formula is C12H13Cl2N3O4. The number of ether oxygens (including phenoxy) is 1. The minimum atomic E-state index is -0.631. The van der Waals surface area contributed by atoms with Crippen LogP contribution in [0, 0.1) is 10.1 Å². The first-order valence-corrected chi connectivity index (χ1v) is 6.87. The highest BCUT2D eigenvalue weighted by Crippen LogP contribution is 2.31. The molecule has 1 fully saturated rings. The normalized spacial score (nSPS) is 21.3. The van der Waals surface area contributed by atoms with Crippen molar-refractivity contribution in [2.24, 2.45) is 0 Å². The number of methoxy groups -OCH3 is 1. The van der Waals surface area contributed by atoms with Gasteiger partial charge in [-0.15, -0.1) is 0 Å². The van der Waals surface area contributed by atoms with Crippen molar-refractivity contribution in [1.82, 2.24) is 10.6 Å². The standard InChI is InChI=1S/C12H13Cl2N3O4/c1-21-10-5-15-4-9(10)16-12(18)7-2-6(17(19)20)3-8(13)11(7)14/h2-3,9-10,15H,4-5H2,1H3,(H,16,18)/t9?,10-/m0/s1. The predicted molar refractivity (Wildman–Crippen MR) is 78.0 cm³/mol. The number of benzene rings is 1. The second-order valence-corrected chi connectivity index (χ2v) is 5.34. The maximum absolute atomic E-state index is 12.2. The lowest BCUT2D eigenvalue weighted by atomic mass is 10.1. The van der Waals surface area contributed by atoms with E-state index in [0.29, 0.717) is 13.1 Å². The molecule has 2 rings (SSSR count). The van der Waals surface area contributed by atoms with Gasteiger partial charge in [0.25, 0.3) is 11.6 Å². The number of non-ortho nitro benzene ring substituents is 1. The molecule has 0 spiro atoms. The largest absolute Gasteiger partial charge is 0.378 e. The van der Waals surface area contributed by atoms with Gasteiger partial charge in [-0.2, -0.15) is 0 Å². The third kappa shape index (κ3) is 3.44. The minimum Gasteiger partial charge on any atom is -0.378 e. The fraction of sp³-hybridized carbons (Fsp3) is 0.417. The smallest absolute Gasteiger partial charge is 0.271 e. The van der Waals surface area contributed by atoms with E-state index >= 15 is 0 Å². The molecule has 1 saturated heterocycles. The second kappa shape index (κ2) is 6.57. The van der Waals surface area contributed by atoms with Gasteiger partial charge in [0.15, 0.2) is 0 Å². The third-order valence-electron chi connectivity index (χ3n) is 3.25. The first-order valence-electron chi connectivity index (χ1n) is 6.12. The lowest BCUT2D eigenvalue weighted by Crippen LogP contribution is -2.43. The van der Waals surface area contributed by atoms with Crippen molar-refractivity contribution in [2.75, 3.05) is 20.2 Å². The summed E-state index contributed by atoms with van der Waals surface area (Å²) >= 11 is 11.8. The van der Waals surface area contributed by atoms with Crippen molar-refractivity contribution in [3.05, 3.63) is 37.9 Å². The molecule has 7 nitrogen and oxygen atoms in total. The summed E-state index contributed by atoms with van der Waals surface area (Å²) in [4.78, 5) is 22.4. The van der Waals surface area contributed by atoms with E-state index < -0.39 is 10.8 Å². The minimum absolute atomic E-state index is 0.0142. The molecule has 1 unspecified atom stereocenters. The van der Waals surface area contributed by atoms with Crippen LogP contribution in [0.15, 0.2) is 12.1 Å². The highest BCUT2D eigenvalue weighted by Gasteiger charge is 2.29. The number of nitrogens with one attached hydrogen (secondary N) is 2. The summed E-state index contributed by atoms with van der Waals surface area (Å²) < 4.78 is 5.23. The third-order valence-corrected chi connectivity index (χ3v) is 4.05. The Balaban J connectivity index is 2.24. The molecule has 2 N–H and O–H groups in total. The van der Waals surface area contributed by atoms with Crippen LogP contribution in [-0.4, -0.2) is 43.2 Å². The molecule has 0 aromatic heterocycles. The van der Waals surface area contributed by atoms with Gasteiger partial charge < -0.3 is 15.4 Å². The quantitative estimate of drug-likeness (QED) is 0.645. The lowest BCUT2D eigenvalue weighted by molar-refractivity contribution is -0.384. The van der Waals surface area contributed by atoms with Crippen molar-refractivity contribution in [2.45, 2.75) is 12.1 Å². The molecule has 9 heteroatoms. The number of hydrogen-bond donors (Lipinski definition) is 2. The maximum Gasteiger partial charge on any atom is 0.271 e. The first kappa shape index (κ1) is 16.0. The van der Waals surface area contributed by atoms with Crippen molar-refractivity contribution in [1.29, 1.82) is 0 Å². The van der Waals surface area contributed by atoms with Gasteiger partial charge in [-0.05, 0) is 0 Å². The van der Waals surface area contributed by atoms with Gasteiger partial charge >= 0.3 is 0 Å². The molecule has 1 aliphatic heterocycles. The van der Waals surface area contributed by atoms with Crippen LogP contribution in [0.5, 0.6) is 0 Å². The van der Waals surface area contributed by atoms with E-state index in [-0.39, 0.29) is 33.4 Å². The van der Waals surface area contributed by atoms with Gasteiger partial charge in [-0.1, -0.05) is 23.2 Å². The Kier molecular flexibility index (Phi) is 5.00. The number of nitro benzene ring substituents is 1. The Bertz CT molecular complexity index is 582. The zero-order valence-corrected chi connectivity index (χ0v) is 12.6. The molecule has 1 aromatic carbocycles. The molecule has 0 radical (unpaired) electrons. The van der Waals surface area contributed by atoms with E-state index in [2.05, 4.69) is 10.6 Å². The first-order chi connectivity index (χ1) is 9.93. The summed E-state index contributed by atoms with van der Waals surface area (Å²) in [6.45, 7) is 1.16. The Morgan fingerprint density at radius 2 is 2.19 bits per heavy atom. The maximum atomic E-state index is 12.2. The van der Waals surface area contributed by atoms with E-state index in [9.17, 15) is 14.9 Å². The van der Waals surface area contributed by atoms with Crippen LogP contribution in [0.4, 0.5) is 5.69 Å². The fourth-order valence-corrected chi connectivity index (χ4v) is 2.55. The van der Waals surface area contributed by atoms with Crippen molar-refractivity contribution < 1.29 is 14.5 Å². The topological polar surface area (TPSA) is 93.5 Å². The van der Waals surface area contributed by atoms with Crippen LogP contribution in [0.1, 0.15) is 10.4 Å². The van der Waals surface area contributed by atoms with Crippen LogP contribution >= 0.6 is 23.2 Å². The van der Waals surface area contributed by atoms with Crippen LogP contribution in [0.25, 0.3) is 0 Å². The lowest BCUT2D eigenvalue weighted by Gasteiger charge is -2.19. The summed E-state index contributed by atoms with van der Waals surface area (Å²) in [5.74, 6) is -0.527. The summed E-state index contributed by atoms with van der Waals surface area (Å²) in [5, 5.41) is 16.6. The van der Waals surface area contributed by atoms with Crippen molar-refractivity contribution in [3.8, 4) is 0 Å². The molecule has 2 atom stereocenters. The van der Waals surface area contributed by atoms with Crippen LogP contribution in [0.3, 0.4) is 0 Å². The number of nitro groups is 1. The van der Waals surface area contributed by atoms with E-state index in [0.717, 1.165) is 12.1 Å². The summed E-state index contributed by atoms with van der Waals surface area (Å²) in [5.41, 5.74) is -0.319. The number of nitrogens with zero attached hydrogens (tertiary/aromatic N) is 1. The number of hydrogen-bond acceptors (Lipinski definition) is 5. The number of rotatable bonds is 4. The predicted octanol–water partition coefficient (Wildman–Crippen LogP) is 1.62. The average Bonchev–Trinajstić information content (AvgIpc) is 2.88. The SMILES string of the molecule is CO[C@H]1CNCC1NC(=O)c1cc([N+](=O)[O-])cc(Cl)c1Cl. The van der Waals surface area contributed by atoms with Crippen molar-refractivity contribution >= 4 is 34.8 Å². The highest BCUT2D eigenvalue weighted by molar-refractivity contribution is 6.44. The Morgan fingerprint density at radius 1 is 1.48 bits per heavy atom.